The SMILES string of the molecule is OC(Cl)(Cl)CC(F)(F)F. The van der Waals surface area contributed by atoms with Gasteiger partial charge in [-0.3, -0.25) is 0 Å². The van der Waals surface area contributed by atoms with Crippen LogP contribution in [0.4, 0.5) is 13.2 Å². The number of hydrogen-bond donors (Lipinski definition) is 1. The van der Waals surface area contributed by atoms with E-state index in [1.54, 1.807) is 0 Å². The van der Waals surface area contributed by atoms with Crippen LogP contribution in [-0.4, -0.2) is 15.8 Å². The molecule has 0 amide bonds. The van der Waals surface area contributed by atoms with Gasteiger partial charge in [0, 0.05) is 0 Å². The zero-order valence-corrected chi connectivity index (χ0v) is 5.56. The van der Waals surface area contributed by atoms with Crippen molar-refractivity contribution in [1.82, 2.24) is 0 Å². The highest BCUT2D eigenvalue weighted by Crippen LogP contribution is 2.32. The Morgan fingerprint density at radius 1 is 1.22 bits per heavy atom. The van der Waals surface area contributed by atoms with Crippen LogP contribution in [0.15, 0.2) is 0 Å². The number of aliphatic hydroxyl groups is 1. The zero-order chi connectivity index (χ0) is 7.71. The molecule has 0 aromatic rings. The maximum atomic E-state index is 11.2. The van der Waals surface area contributed by atoms with E-state index in [-0.39, 0.29) is 0 Å². The molecule has 0 aliphatic rings. The van der Waals surface area contributed by atoms with E-state index in [1.807, 2.05) is 0 Å². The summed E-state index contributed by atoms with van der Waals surface area (Å²) in [5.41, 5.74) is 0. The highest BCUT2D eigenvalue weighted by Gasteiger charge is 2.38. The maximum absolute atomic E-state index is 11.2. The first kappa shape index (κ1) is 9.33. The van der Waals surface area contributed by atoms with E-state index in [0.29, 0.717) is 0 Å². The van der Waals surface area contributed by atoms with Gasteiger partial charge in [-0.2, -0.15) is 13.2 Å². The predicted octanol–water partition coefficient (Wildman–Crippen LogP) is 2.06. The molecule has 0 spiro atoms. The van der Waals surface area contributed by atoms with E-state index < -0.39 is 17.1 Å². The van der Waals surface area contributed by atoms with Crippen LogP contribution in [0, 0.1) is 0 Å². The minimum atomic E-state index is -4.53. The molecule has 0 radical (unpaired) electrons. The largest absolute Gasteiger partial charge is 0.394 e. The average molecular weight is 183 g/mol. The first-order chi connectivity index (χ1) is 3.71. The number of alkyl halides is 5. The fourth-order valence-electron chi connectivity index (χ4n) is 0.241. The second kappa shape index (κ2) is 2.52. The van der Waals surface area contributed by atoms with Crippen LogP contribution in [0.2, 0.25) is 0 Å². The molecule has 0 aromatic heterocycles. The summed E-state index contributed by atoms with van der Waals surface area (Å²) in [5.74, 6) is 0. The van der Waals surface area contributed by atoms with Crippen molar-refractivity contribution < 1.29 is 18.3 Å². The quantitative estimate of drug-likeness (QED) is 0.616. The van der Waals surface area contributed by atoms with Crippen molar-refractivity contribution in [1.29, 1.82) is 0 Å². The Labute approximate surface area is 59.4 Å². The van der Waals surface area contributed by atoms with E-state index in [1.165, 1.54) is 0 Å². The van der Waals surface area contributed by atoms with Gasteiger partial charge in [-0.25, -0.2) is 0 Å². The summed E-state index contributed by atoms with van der Waals surface area (Å²) in [4.78, 5) is 0. The summed E-state index contributed by atoms with van der Waals surface area (Å²) in [5, 5.41) is 8.16. The minimum Gasteiger partial charge on any atom is -0.362 e. The van der Waals surface area contributed by atoms with Crippen LogP contribution in [-0.2, 0) is 0 Å². The Bertz CT molecular complexity index is 82.2. The Balaban J connectivity index is 3.75. The summed E-state index contributed by atoms with van der Waals surface area (Å²) >= 11 is 9.24. The standard InChI is InChI=1S/C3H3Cl2F3O/c4-2(5,9)1-3(6,7)8/h9H,1H2. The molecule has 0 aliphatic heterocycles. The topological polar surface area (TPSA) is 20.2 Å². The van der Waals surface area contributed by atoms with Gasteiger partial charge in [0.05, 0.1) is 0 Å². The van der Waals surface area contributed by atoms with E-state index in [9.17, 15) is 13.2 Å². The van der Waals surface area contributed by atoms with Crippen LogP contribution in [0.5, 0.6) is 0 Å². The Kier molecular flexibility index (Phi) is 2.61. The van der Waals surface area contributed by atoms with Crippen molar-refractivity contribution in [3.05, 3.63) is 0 Å². The lowest BCUT2D eigenvalue weighted by Gasteiger charge is -2.13. The first-order valence-corrected chi connectivity index (χ1v) is 2.63. The first-order valence-electron chi connectivity index (χ1n) is 1.88. The third-order valence-corrected chi connectivity index (χ3v) is 0.680. The Hall–Kier alpha value is 0.330. The molecule has 0 aromatic carbocycles. The summed E-state index contributed by atoms with van der Waals surface area (Å²) in [7, 11) is 0. The predicted molar refractivity (Wildman–Crippen MR) is 27.3 cm³/mol. The molecule has 0 bridgehead atoms. The van der Waals surface area contributed by atoms with Crippen molar-refractivity contribution in [2.75, 3.05) is 0 Å². The average Bonchev–Trinajstić information content (AvgIpc) is 1.14. The summed E-state index contributed by atoms with van der Waals surface area (Å²) in [6.07, 6.45) is -6.15. The van der Waals surface area contributed by atoms with Crippen LogP contribution >= 0.6 is 23.2 Å². The van der Waals surface area contributed by atoms with Crippen molar-refractivity contribution in [3.8, 4) is 0 Å². The third kappa shape index (κ3) is 8.33. The molecule has 56 valence electrons. The summed E-state index contributed by atoms with van der Waals surface area (Å²) < 4.78 is 31.0. The van der Waals surface area contributed by atoms with Gasteiger partial charge in [-0.15, -0.1) is 0 Å². The fourth-order valence-corrected chi connectivity index (χ4v) is 0.544. The molecule has 0 saturated heterocycles. The third-order valence-electron chi connectivity index (χ3n) is 0.413. The molecule has 1 nitrogen and oxygen atoms in total. The molecule has 0 aliphatic carbocycles. The van der Waals surface area contributed by atoms with Gasteiger partial charge in [0.15, 0.2) is 0 Å². The van der Waals surface area contributed by atoms with Crippen molar-refractivity contribution in [2.24, 2.45) is 0 Å². The monoisotopic (exact) mass is 182 g/mol. The highest BCUT2D eigenvalue weighted by atomic mass is 35.5. The van der Waals surface area contributed by atoms with Crippen LogP contribution in [0.3, 0.4) is 0 Å². The van der Waals surface area contributed by atoms with E-state index in [0.717, 1.165) is 0 Å². The molecular formula is C3H3Cl2F3O. The lowest BCUT2D eigenvalue weighted by molar-refractivity contribution is -0.149. The lowest BCUT2D eigenvalue weighted by Crippen LogP contribution is -2.22. The van der Waals surface area contributed by atoms with Gasteiger partial charge in [0.25, 0.3) is 0 Å². The highest BCUT2D eigenvalue weighted by molar-refractivity contribution is 6.46. The number of rotatable bonds is 1. The molecule has 0 fully saturated rings. The van der Waals surface area contributed by atoms with Gasteiger partial charge in [-0.05, 0) is 0 Å². The number of hydrogen-bond acceptors (Lipinski definition) is 1. The molecular weight excluding hydrogens is 180 g/mol. The smallest absolute Gasteiger partial charge is 0.362 e. The molecule has 0 unspecified atom stereocenters. The van der Waals surface area contributed by atoms with E-state index in [2.05, 4.69) is 23.2 Å². The van der Waals surface area contributed by atoms with Gasteiger partial charge in [-0.1, -0.05) is 23.2 Å². The van der Waals surface area contributed by atoms with E-state index >= 15 is 0 Å². The van der Waals surface area contributed by atoms with Crippen molar-refractivity contribution >= 4 is 23.2 Å². The molecule has 9 heavy (non-hydrogen) atoms. The lowest BCUT2D eigenvalue weighted by atomic mass is 10.4. The summed E-state index contributed by atoms with van der Waals surface area (Å²) in [6.45, 7) is 0. The van der Waals surface area contributed by atoms with Gasteiger partial charge in [0.2, 0.25) is 4.52 Å². The molecule has 6 heteroatoms. The molecule has 0 saturated carbocycles. The number of halogens is 5. The van der Waals surface area contributed by atoms with E-state index in [4.69, 9.17) is 5.11 Å². The van der Waals surface area contributed by atoms with Gasteiger partial charge >= 0.3 is 6.18 Å². The van der Waals surface area contributed by atoms with Gasteiger partial charge < -0.3 is 5.11 Å². The Morgan fingerprint density at radius 3 is 1.56 bits per heavy atom. The minimum absolute atomic E-state index is 1.62. The molecule has 0 heterocycles. The normalized spacial score (nSPS) is 14.0. The maximum Gasteiger partial charge on any atom is 0.394 e. The molecule has 1 N–H and O–H groups in total. The Morgan fingerprint density at radius 2 is 1.56 bits per heavy atom. The van der Waals surface area contributed by atoms with Gasteiger partial charge in [0.1, 0.15) is 6.42 Å². The van der Waals surface area contributed by atoms with Crippen LogP contribution in [0.1, 0.15) is 6.42 Å². The summed E-state index contributed by atoms with van der Waals surface area (Å²) in [6, 6.07) is 0. The molecule has 0 rings (SSSR count). The second-order valence-corrected chi connectivity index (χ2v) is 2.90. The van der Waals surface area contributed by atoms with Crippen LogP contribution < -0.4 is 0 Å². The molecule has 0 atom stereocenters. The van der Waals surface area contributed by atoms with Crippen molar-refractivity contribution in [2.45, 2.75) is 17.1 Å². The van der Waals surface area contributed by atoms with Crippen molar-refractivity contribution in [3.63, 3.8) is 0 Å². The zero-order valence-electron chi connectivity index (χ0n) is 4.04. The second-order valence-electron chi connectivity index (χ2n) is 1.46. The van der Waals surface area contributed by atoms with Crippen LogP contribution in [0.25, 0.3) is 0 Å². The fraction of sp³-hybridized carbons (Fsp3) is 1.00.